The lowest BCUT2D eigenvalue weighted by molar-refractivity contribution is 0.117. The summed E-state index contributed by atoms with van der Waals surface area (Å²) in [5, 5.41) is 13.9. The van der Waals surface area contributed by atoms with Gasteiger partial charge in [-0.3, -0.25) is 0 Å². The number of nitrogens with one attached hydrogen (secondary N) is 1. The zero-order chi connectivity index (χ0) is 15.2. The minimum Gasteiger partial charge on any atom is -0.491 e. The van der Waals surface area contributed by atoms with Crippen molar-refractivity contribution in [2.45, 2.75) is 13.0 Å². The van der Waals surface area contributed by atoms with Crippen LogP contribution < -0.4 is 10.1 Å². The Morgan fingerprint density at radius 2 is 2.10 bits per heavy atom. The first-order chi connectivity index (χ1) is 10.0. The van der Waals surface area contributed by atoms with E-state index in [9.17, 15) is 5.11 Å². The topological polar surface area (TPSA) is 41.5 Å². The highest BCUT2D eigenvalue weighted by molar-refractivity contribution is 14.1. The molecule has 0 saturated carbocycles. The number of benzene rings is 2. The van der Waals surface area contributed by atoms with Crippen LogP contribution in [0.25, 0.3) is 0 Å². The number of halogens is 2. The summed E-state index contributed by atoms with van der Waals surface area (Å²) in [6.07, 6.45) is -0.586. The largest absolute Gasteiger partial charge is 0.491 e. The molecule has 2 rings (SSSR count). The number of hydrogen-bond acceptors (Lipinski definition) is 3. The van der Waals surface area contributed by atoms with Gasteiger partial charge in [0.25, 0.3) is 0 Å². The number of anilines is 1. The van der Waals surface area contributed by atoms with Gasteiger partial charge in [-0.05, 0) is 65.4 Å². The van der Waals surface area contributed by atoms with E-state index in [-0.39, 0.29) is 6.61 Å². The van der Waals surface area contributed by atoms with Crippen molar-refractivity contribution >= 4 is 39.9 Å². The summed E-state index contributed by atoms with van der Waals surface area (Å²) in [6, 6.07) is 13.4. The second-order valence-corrected chi connectivity index (χ2v) is 6.39. The molecule has 0 radical (unpaired) electrons. The van der Waals surface area contributed by atoms with Crippen LogP contribution >= 0.6 is 34.2 Å². The summed E-state index contributed by atoms with van der Waals surface area (Å²) in [6.45, 7) is 2.68. The first-order valence-electron chi connectivity index (χ1n) is 6.61. The van der Waals surface area contributed by atoms with E-state index >= 15 is 0 Å². The zero-order valence-electron chi connectivity index (χ0n) is 11.6. The monoisotopic (exact) mass is 417 g/mol. The molecule has 0 aliphatic carbocycles. The molecule has 112 valence electrons. The third-order valence-electron chi connectivity index (χ3n) is 2.89. The van der Waals surface area contributed by atoms with Crippen LogP contribution in [0.3, 0.4) is 0 Å². The van der Waals surface area contributed by atoms with Gasteiger partial charge >= 0.3 is 0 Å². The third kappa shape index (κ3) is 5.37. The fourth-order valence-corrected chi connectivity index (χ4v) is 2.88. The number of ether oxygens (including phenoxy) is 1. The number of aliphatic hydroxyl groups is 1. The summed E-state index contributed by atoms with van der Waals surface area (Å²) in [4.78, 5) is 0. The lowest BCUT2D eigenvalue weighted by atomic mass is 10.2. The molecular formula is C16H17ClINO2. The molecule has 0 bridgehead atoms. The van der Waals surface area contributed by atoms with E-state index in [0.717, 1.165) is 20.6 Å². The number of aryl methyl sites for hydroxylation is 1. The third-order valence-corrected chi connectivity index (χ3v) is 4.02. The van der Waals surface area contributed by atoms with E-state index in [4.69, 9.17) is 16.3 Å². The molecule has 0 aromatic heterocycles. The van der Waals surface area contributed by atoms with Gasteiger partial charge in [-0.2, -0.15) is 0 Å². The van der Waals surface area contributed by atoms with Crippen LogP contribution in [-0.4, -0.2) is 24.4 Å². The number of aliphatic hydroxyl groups excluding tert-OH is 1. The molecule has 0 saturated heterocycles. The van der Waals surface area contributed by atoms with Gasteiger partial charge in [-0.15, -0.1) is 0 Å². The second-order valence-electron chi connectivity index (χ2n) is 4.79. The molecule has 2 N–H and O–H groups in total. The number of hydrogen-bond donors (Lipinski definition) is 2. The summed E-state index contributed by atoms with van der Waals surface area (Å²) < 4.78 is 6.59. The molecule has 0 fully saturated rings. The molecule has 0 aliphatic heterocycles. The quantitative estimate of drug-likeness (QED) is 0.695. The predicted octanol–water partition coefficient (Wildman–Crippen LogP) is 4.10. The Morgan fingerprint density at radius 3 is 2.81 bits per heavy atom. The lowest BCUT2D eigenvalue weighted by Gasteiger charge is -2.15. The van der Waals surface area contributed by atoms with Crippen LogP contribution in [0.1, 0.15) is 5.56 Å². The standard InChI is InChI=1S/C16H17ClINO2/c1-11-3-2-4-14(7-11)21-10-13(20)9-19-16-6-5-12(17)8-15(16)18/h2-8,13,19-20H,9-10H2,1H3. The highest BCUT2D eigenvalue weighted by Gasteiger charge is 2.07. The van der Waals surface area contributed by atoms with E-state index in [0.29, 0.717) is 11.6 Å². The van der Waals surface area contributed by atoms with Gasteiger partial charge < -0.3 is 15.2 Å². The van der Waals surface area contributed by atoms with Gasteiger partial charge in [0, 0.05) is 20.8 Å². The molecule has 1 unspecified atom stereocenters. The Balaban J connectivity index is 1.80. The van der Waals surface area contributed by atoms with Crippen LogP contribution in [0.15, 0.2) is 42.5 Å². The summed E-state index contributed by atoms with van der Waals surface area (Å²) in [5.41, 5.74) is 2.09. The van der Waals surface area contributed by atoms with E-state index in [2.05, 4.69) is 27.9 Å². The van der Waals surface area contributed by atoms with E-state index in [1.165, 1.54) is 0 Å². The lowest BCUT2D eigenvalue weighted by Crippen LogP contribution is -2.26. The van der Waals surface area contributed by atoms with E-state index in [1.807, 2.05) is 49.4 Å². The van der Waals surface area contributed by atoms with Crippen LogP contribution in [0.2, 0.25) is 5.02 Å². The van der Waals surface area contributed by atoms with Crippen molar-refractivity contribution < 1.29 is 9.84 Å². The van der Waals surface area contributed by atoms with Crippen molar-refractivity contribution in [2.24, 2.45) is 0 Å². The first kappa shape index (κ1) is 16.4. The van der Waals surface area contributed by atoms with Crippen molar-refractivity contribution in [3.05, 3.63) is 56.6 Å². The fourth-order valence-electron chi connectivity index (χ4n) is 1.82. The molecular weight excluding hydrogens is 401 g/mol. The molecule has 2 aromatic rings. The van der Waals surface area contributed by atoms with E-state index < -0.39 is 6.10 Å². The smallest absolute Gasteiger partial charge is 0.119 e. The van der Waals surface area contributed by atoms with Crippen molar-refractivity contribution in [2.75, 3.05) is 18.5 Å². The summed E-state index contributed by atoms with van der Waals surface area (Å²) in [5.74, 6) is 0.773. The zero-order valence-corrected chi connectivity index (χ0v) is 14.6. The van der Waals surface area contributed by atoms with Gasteiger partial charge in [0.2, 0.25) is 0 Å². The first-order valence-corrected chi connectivity index (χ1v) is 8.07. The minimum absolute atomic E-state index is 0.251. The predicted molar refractivity (Wildman–Crippen MR) is 95.3 cm³/mol. The van der Waals surface area contributed by atoms with Crippen molar-refractivity contribution in [1.29, 1.82) is 0 Å². The van der Waals surface area contributed by atoms with Crippen molar-refractivity contribution in [1.82, 2.24) is 0 Å². The Labute approximate surface area is 143 Å². The van der Waals surface area contributed by atoms with Crippen molar-refractivity contribution in [3.63, 3.8) is 0 Å². The summed E-state index contributed by atoms with van der Waals surface area (Å²) in [7, 11) is 0. The van der Waals surface area contributed by atoms with Crippen LogP contribution in [0.4, 0.5) is 5.69 Å². The Bertz CT molecular complexity index is 607. The highest BCUT2D eigenvalue weighted by atomic mass is 127. The van der Waals surface area contributed by atoms with Gasteiger partial charge in [0.1, 0.15) is 18.5 Å². The molecule has 1 atom stereocenters. The van der Waals surface area contributed by atoms with Crippen LogP contribution in [0.5, 0.6) is 5.75 Å². The van der Waals surface area contributed by atoms with Gasteiger partial charge in [-0.25, -0.2) is 0 Å². The SMILES string of the molecule is Cc1cccc(OCC(O)CNc2ccc(Cl)cc2I)c1. The average molecular weight is 418 g/mol. The maximum Gasteiger partial charge on any atom is 0.119 e. The number of rotatable bonds is 6. The Hall–Kier alpha value is -0.980. The average Bonchev–Trinajstić information content (AvgIpc) is 2.44. The maximum atomic E-state index is 9.97. The molecule has 0 aliphatic rings. The van der Waals surface area contributed by atoms with Gasteiger partial charge in [0.15, 0.2) is 0 Å². The van der Waals surface area contributed by atoms with Crippen LogP contribution in [0, 0.1) is 10.5 Å². The second kappa shape index (κ2) is 7.87. The molecule has 5 heteroatoms. The summed E-state index contributed by atoms with van der Waals surface area (Å²) >= 11 is 8.12. The molecule has 21 heavy (non-hydrogen) atoms. The Kier molecular flexibility index (Phi) is 6.14. The molecule has 0 spiro atoms. The normalized spacial score (nSPS) is 12.0. The minimum atomic E-state index is -0.586. The fraction of sp³-hybridized carbons (Fsp3) is 0.250. The Morgan fingerprint density at radius 1 is 1.29 bits per heavy atom. The highest BCUT2D eigenvalue weighted by Crippen LogP contribution is 2.22. The van der Waals surface area contributed by atoms with Gasteiger partial charge in [-0.1, -0.05) is 23.7 Å². The molecule has 3 nitrogen and oxygen atoms in total. The van der Waals surface area contributed by atoms with Crippen molar-refractivity contribution in [3.8, 4) is 5.75 Å². The van der Waals surface area contributed by atoms with E-state index in [1.54, 1.807) is 0 Å². The van der Waals surface area contributed by atoms with Crippen LogP contribution in [-0.2, 0) is 0 Å². The maximum absolute atomic E-state index is 9.97. The molecule has 0 heterocycles. The molecule has 0 amide bonds. The molecule has 2 aromatic carbocycles. The van der Waals surface area contributed by atoms with Gasteiger partial charge in [0.05, 0.1) is 0 Å².